The molecule has 1 aliphatic carbocycles. The van der Waals surface area contributed by atoms with E-state index in [2.05, 4.69) is 5.32 Å². The fraction of sp³-hybridized carbons (Fsp3) is 0.444. The lowest BCUT2D eigenvalue weighted by Gasteiger charge is -2.50. The van der Waals surface area contributed by atoms with Crippen LogP contribution in [0.25, 0.3) is 0 Å². The van der Waals surface area contributed by atoms with E-state index in [-0.39, 0.29) is 36.7 Å². The number of amides is 3. The minimum Gasteiger partial charge on any atom is -0.449 e. The van der Waals surface area contributed by atoms with Gasteiger partial charge in [0.1, 0.15) is 5.41 Å². The SMILES string of the molecule is CCOC(=O)N1C(=O)C2(c3ccc(Cl)cc31)C(c1cccc(Cl)c1)NC(=O)CC2C1CCCCC1. The number of nitrogens with one attached hydrogen (secondary N) is 1. The zero-order chi connectivity index (χ0) is 24.7. The summed E-state index contributed by atoms with van der Waals surface area (Å²) in [6.07, 6.45) is 4.63. The number of hydrogen-bond acceptors (Lipinski definition) is 4. The second-order valence-corrected chi connectivity index (χ2v) is 10.5. The van der Waals surface area contributed by atoms with Gasteiger partial charge >= 0.3 is 6.09 Å². The van der Waals surface area contributed by atoms with E-state index < -0.39 is 17.6 Å². The van der Waals surface area contributed by atoms with Gasteiger partial charge < -0.3 is 10.1 Å². The third-order valence-electron chi connectivity index (χ3n) is 7.81. The van der Waals surface area contributed by atoms with Gasteiger partial charge in [0, 0.05) is 16.5 Å². The Balaban J connectivity index is 1.78. The van der Waals surface area contributed by atoms with Crippen LogP contribution in [0.15, 0.2) is 42.5 Å². The normalized spacial score (nSPS) is 26.5. The average Bonchev–Trinajstić information content (AvgIpc) is 3.09. The largest absolute Gasteiger partial charge is 0.449 e. The number of piperidine rings is 1. The van der Waals surface area contributed by atoms with Crippen LogP contribution in [0.4, 0.5) is 10.5 Å². The molecule has 8 heteroatoms. The molecule has 1 N–H and O–H groups in total. The van der Waals surface area contributed by atoms with E-state index in [1.165, 1.54) is 0 Å². The summed E-state index contributed by atoms with van der Waals surface area (Å²) in [5, 5.41) is 4.03. The number of halogens is 2. The molecule has 2 fully saturated rings. The first-order chi connectivity index (χ1) is 16.9. The van der Waals surface area contributed by atoms with E-state index >= 15 is 0 Å². The number of carbonyl (C=O) groups excluding carboxylic acids is 3. The van der Waals surface area contributed by atoms with Gasteiger partial charge in [0.2, 0.25) is 11.8 Å². The lowest BCUT2D eigenvalue weighted by molar-refractivity contribution is -0.137. The number of ether oxygens (including phenoxy) is 1. The lowest BCUT2D eigenvalue weighted by atomic mass is 9.56. The zero-order valence-corrected chi connectivity index (χ0v) is 21.1. The van der Waals surface area contributed by atoms with Crippen molar-refractivity contribution in [3.05, 3.63) is 63.6 Å². The average molecular weight is 515 g/mol. The topological polar surface area (TPSA) is 75.7 Å². The highest BCUT2D eigenvalue weighted by molar-refractivity contribution is 6.32. The molecule has 1 saturated carbocycles. The summed E-state index contributed by atoms with van der Waals surface area (Å²) in [6, 6.07) is 11.8. The van der Waals surface area contributed by atoms with Crippen LogP contribution in [-0.4, -0.2) is 24.5 Å². The van der Waals surface area contributed by atoms with Gasteiger partial charge in [-0.25, -0.2) is 9.69 Å². The smallest absolute Gasteiger partial charge is 0.421 e. The molecule has 1 spiro atoms. The van der Waals surface area contributed by atoms with Gasteiger partial charge in [-0.05, 0) is 54.2 Å². The summed E-state index contributed by atoms with van der Waals surface area (Å²) >= 11 is 12.7. The van der Waals surface area contributed by atoms with Crippen molar-refractivity contribution >= 4 is 46.8 Å². The van der Waals surface area contributed by atoms with Gasteiger partial charge in [0.15, 0.2) is 0 Å². The molecule has 2 aromatic rings. The Morgan fingerprint density at radius 3 is 2.54 bits per heavy atom. The summed E-state index contributed by atoms with van der Waals surface area (Å²) in [5.41, 5.74) is 0.657. The third-order valence-corrected chi connectivity index (χ3v) is 8.28. The molecule has 0 aromatic heterocycles. The first kappa shape index (κ1) is 24.1. The number of hydrogen-bond donors (Lipinski definition) is 1. The van der Waals surface area contributed by atoms with Crippen LogP contribution in [0.3, 0.4) is 0 Å². The number of fused-ring (bicyclic) bond motifs is 2. The maximum atomic E-state index is 14.6. The van der Waals surface area contributed by atoms with Crippen molar-refractivity contribution in [3.8, 4) is 0 Å². The Hall–Kier alpha value is -2.57. The van der Waals surface area contributed by atoms with E-state index in [9.17, 15) is 14.4 Å². The number of carbonyl (C=O) groups is 3. The summed E-state index contributed by atoms with van der Waals surface area (Å²) in [7, 11) is 0. The molecule has 0 radical (unpaired) electrons. The van der Waals surface area contributed by atoms with Crippen molar-refractivity contribution in [3.63, 3.8) is 0 Å². The molecule has 3 amide bonds. The van der Waals surface area contributed by atoms with Gasteiger partial charge in [-0.15, -0.1) is 0 Å². The van der Waals surface area contributed by atoms with Gasteiger partial charge in [0.25, 0.3) is 0 Å². The van der Waals surface area contributed by atoms with Crippen molar-refractivity contribution in [1.82, 2.24) is 5.32 Å². The molecule has 2 heterocycles. The Morgan fingerprint density at radius 2 is 1.83 bits per heavy atom. The quantitative estimate of drug-likeness (QED) is 0.529. The summed E-state index contributed by atoms with van der Waals surface area (Å²) < 4.78 is 5.30. The minimum absolute atomic E-state index is 0.103. The molecule has 3 atom stereocenters. The highest BCUT2D eigenvalue weighted by Gasteiger charge is 2.65. The predicted molar refractivity (Wildman–Crippen MR) is 135 cm³/mol. The van der Waals surface area contributed by atoms with E-state index in [1.54, 1.807) is 31.2 Å². The molecule has 3 unspecified atom stereocenters. The molecule has 184 valence electrons. The molecular formula is C27H28Cl2N2O4. The van der Waals surface area contributed by atoms with Crippen LogP contribution in [0.5, 0.6) is 0 Å². The van der Waals surface area contributed by atoms with E-state index in [4.69, 9.17) is 27.9 Å². The van der Waals surface area contributed by atoms with Crippen LogP contribution < -0.4 is 10.2 Å². The molecule has 2 aromatic carbocycles. The molecule has 1 saturated heterocycles. The number of anilines is 1. The maximum absolute atomic E-state index is 14.6. The van der Waals surface area contributed by atoms with Gasteiger partial charge in [-0.2, -0.15) is 0 Å². The van der Waals surface area contributed by atoms with Gasteiger partial charge in [-0.1, -0.05) is 73.5 Å². The monoisotopic (exact) mass is 514 g/mol. The van der Waals surface area contributed by atoms with Crippen LogP contribution >= 0.6 is 23.2 Å². The second-order valence-electron chi connectivity index (χ2n) is 9.63. The fourth-order valence-electron chi connectivity index (χ4n) is 6.47. The van der Waals surface area contributed by atoms with Crippen LogP contribution in [0, 0.1) is 11.8 Å². The Morgan fingerprint density at radius 1 is 1.09 bits per heavy atom. The Labute approximate surface area is 214 Å². The summed E-state index contributed by atoms with van der Waals surface area (Å²) in [5.74, 6) is -0.596. The van der Waals surface area contributed by atoms with Crippen LogP contribution in [-0.2, 0) is 19.7 Å². The zero-order valence-electron chi connectivity index (χ0n) is 19.6. The molecule has 3 aliphatic rings. The van der Waals surface area contributed by atoms with E-state index in [0.29, 0.717) is 21.3 Å². The summed E-state index contributed by atoms with van der Waals surface area (Å²) in [4.78, 5) is 42.0. The van der Waals surface area contributed by atoms with Crippen molar-refractivity contribution in [2.24, 2.45) is 11.8 Å². The molecule has 6 nitrogen and oxygen atoms in total. The lowest BCUT2D eigenvalue weighted by Crippen LogP contribution is -2.61. The number of imide groups is 1. The number of rotatable bonds is 3. The maximum Gasteiger partial charge on any atom is 0.421 e. The molecule has 0 bridgehead atoms. The van der Waals surface area contributed by atoms with Crippen molar-refractivity contribution in [1.29, 1.82) is 0 Å². The third kappa shape index (κ3) is 3.91. The molecule has 5 rings (SSSR count). The minimum atomic E-state index is -1.19. The van der Waals surface area contributed by atoms with Gasteiger partial charge in [0.05, 0.1) is 18.3 Å². The summed E-state index contributed by atoms with van der Waals surface area (Å²) in [6.45, 7) is 1.83. The number of benzene rings is 2. The molecule has 35 heavy (non-hydrogen) atoms. The van der Waals surface area contributed by atoms with Crippen LogP contribution in [0.1, 0.15) is 62.6 Å². The van der Waals surface area contributed by atoms with Crippen molar-refractivity contribution in [2.45, 2.75) is 56.9 Å². The van der Waals surface area contributed by atoms with Crippen LogP contribution in [0.2, 0.25) is 10.0 Å². The highest BCUT2D eigenvalue weighted by atomic mass is 35.5. The second kappa shape index (κ2) is 9.47. The Bertz CT molecular complexity index is 1180. The number of nitrogens with zero attached hydrogens (tertiary/aromatic N) is 1. The molecule has 2 aliphatic heterocycles. The first-order valence-corrected chi connectivity index (χ1v) is 13.0. The highest BCUT2D eigenvalue weighted by Crippen LogP contribution is 2.59. The fourth-order valence-corrected chi connectivity index (χ4v) is 6.84. The molecular weight excluding hydrogens is 487 g/mol. The van der Waals surface area contributed by atoms with Gasteiger partial charge in [-0.3, -0.25) is 9.59 Å². The Kier molecular flexibility index (Phi) is 6.53. The van der Waals surface area contributed by atoms with E-state index in [1.807, 2.05) is 18.2 Å². The van der Waals surface area contributed by atoms with Crippen molar-refractivity contribution in [2.75, 3.05) is 11.5 Å². The van der Waals surface area contributed by atoms with E-state index in [0.717, 1.165) is 42.6 Å². The first-order valence-electron chi connectivity index (χ1n) is 12.2. The standard InChI is InChI=1S/C27H28Cl2N2O4/c1-2-35-26(34)31-22-14-19(29)11-12-20(22)27(25(31)33)21(16-7-4-3-5-8-16)15-23(32)30-24(27)17-9-6-10-18(28)13-17/h6,9-14,16,21,24H,2-5,7-8,15H2,1H3,(H,30,32). The van der Waals surface area contributed by atoms with Crippen molar-refractivity contribution < 1.29 is 19.1 Å². The predicted octanol–water partition coefficient (Wildman–Crippen LogP) is 6.19.